The molecular weight excluding hydrogens is 298 g/mol. The zero-order chi connectivity index (χ0) is 16.9. The van der Waals surface area contributed by atoms with Crippen LogP contribution in [0.15, 0.2) is 18.2 Å². The van der Waals surface area contributed by atoms with Gasteiger partial charge in [0.2, 0.25) is 0 Å². The van der Waals surface area contributed by atoms with E-state index in [2.05, 4.69) is 34.7 Å². The number of likely N-dealkylation sites (N-methyl/N-ethyl adjacent to an activating group) is 1. The van der Waals surface area contributed by atoms with E-state index in [4.69, 9.17) is 0 Å². The summed E-state index contributed by atoms with van der Waals surface area (Å²) >= 11 is 0. The minimum Gasteiger partial charge on any atom is -0.508 e. The van der Waals surface area contributed by atoms with Crippen molar-refractivity contribution in [3.63, 3.8) is 0 Å². The number of fused-ring (bicyclic) bond motifs is 1. The summed E-state index contributed by atoms with van der Waals surface area (Å²) in [5.41, 5.74) is 2.54. The van der Waals surface area contributed by atoms with Gasteiger partial charge in [-0.05, 0) is 56.5 Å². The van der Waals surface area contributed by atoms with Crippen LogP contribution in [0.4, 0.5) is 0 Å². The lowest BCUT2D eigenvalue weighted by atomic mass is 9.87. The van der Waals surface area contributed by atoms with Crippen LogP contribution in [0.2, 0.25) is 0 Å². The highest BCUT2D eigenvalue weighted by atomic mass is 16.3. The van der Waals surface area contributed by atoms with Crippen molar-refractivity contribution in [3.05, 3.63) is 29.3 Å². The van der Waals surface area contributed by atoms with Gasteiger partial charge in [0.05, 0.1) is 0 Å². The molecular formula is C20H33N3O. The van der Waals surface area contributed by atoms with Crippen LogP contribution in [0.5, 0.6) is 5.75 Å². The van der Waals surface area contributed by atoms with E-state index in [1.54, 1.807) is 0 Å². The van der Waals surface area contributed by atoms with Crippen LogP contribution in [0.1, 0.15) is 30.9 Å². The number of piperazine rings is 1. The number of benzene rings is 1. The van der Waals surface area contributed by atoms with Crippen molar-refractivity contribution in [1.82, 2.24) is 14.7 Å². The third kappa shape index (κ3) is 4.29. The van der Waals surface area contributed by atoms with E-state index >= 15 is 0 Å². The Morgan fingerprint density at radius 1 is 1.17 bits per heavy atom. The smallest absolute Gasteiger partial charge is 0.119 e. The monoisotopic (exact) mass is 331 g/mol. The van der Waals surface area contributed by atoms with Crippen molar-refractivity contribution >= 4 is 0 Å². The lowest BCUT2D eigenvalue weighted by Gasteiger charge is -2.38. The van der Waals surface area contributed by atoms with E-state index in [1.165, 1.54) is 69.8 Å². The number of phenolic OH excluding ortho intramolecular Hbond substituents is 1. The van der Waals surface area contributed by atoms with Gasteiger partial charge in [-0.25, -0.2) is 0 Å². The molecule has 3 rings (SSSR count). The number of rotatable bonds is 6. The van der Waals surface area contributed by atoms with E-state index in [9.17, 15) is 5.11 Å². The molecule has 0 spiro atoms. The Kier molecular flexibility index (Phi) is 6.14. The summed E-state index contributed by atoms with van der Waals surface area (Å²) in [6.07, 6.45) is 4.49. The topological polar surface area (TPSA) is 30.0 Å². The van der Waals surface area contributed by atoms with Crippen LogP contribution in [-0.2, 0) is 12.8 Å². The van der Waals surface area contributed by atoms with Gasteiger partial charge < -0.3 is 10.0 Å². The summed E-state index contributed by atoms with van der Waals surface area (Å²) in [7, 11) is 2.22. The van der Waals surface area contributed by atoms with Gasteiger partial charge in [0.1, 0.15) is 5.75 Å². The summed E-state index contributed by atoms with van der Waals surface area (Å²) in [6, 6.07) is 6.65. The van der Waals surface area contributed by atoms with Crippen LogP contribution in [0.3, 0.4) is 0 Å². The normalized spacial score (nSPS) is 22.7. The molecule has 1 aromatic carbocycles. The Bertz CT molecular complexity index is 526. The fourth-order valence-electron chi connectivity index (χ4n) is 4.19. The van der Waals surface area contributed by atoms with Crippen molar-refractivity contribution in [3.8, 4) is 5.75 Å². The van der Waals surface area contributed by atoms with Crippen molar-refractivity contribution in [2.75, 3.05) is 52.9 Å². The first-order chi connectivity index (χ1) is 11.7. The first kappa shape index (κ1) is 17.7. The highest BCUT2D eigenvalue weighted by Crippen LogP contribution is 2.30. The van der Waals surface area contributed by atoms with Crippen LogP contribution in [0, 0.1) is 0 Å². The summed E-state index contributed by atoms with van der Waals surface area (Å²) in [5, 5.41) is 10.1. The van der Waals surface area contributed by atoms with Crippen molar-refractivity contribution in [2.24, 2.45) is 0 Å². The molecule has 134 valence electrons. The predicted molar refractivity (Wildman–Crippen MR) is 99.7 cm³/mol. The molecule has 1 saturated heterocycles. The molecule has 1 heterocycles. The molecule has 0 amide bonds. The molecule has 4 nitrogen and oxygen atoms in total. The minimum atomic E-state index is 0.491. The zero-order valence-corrected chi connectivity index (χ0v) is 15.4. The molecule has 0 saturated carbocycles. The minimum absolute atomic E-state index is 0.491. The third-order valence-electron chi connectivity index (χ3n) is 5.76. The molecule has 1 aromatic rings. The van der Waals surface area contributed by atoms with Crippen molar-refractivity contribution in [2.45, 2.75) is 38.6 Å². The third-order valence-corrected chi connectivity index (χ3v) is 5.76. The number of phenols is 1. The standard InChI is InChI=1S/C20H33N3O/c1-3-9-23(15-14-22-12-10-21(2)11-13-22)18-7-8-19-17(16-18)5-4-6-20(19)24/h4-6,18,24H,3,7-16H2,1-2H3. The maximum Gasteiger partial charge on any atom is 0.119 e. The maximum atomic E-state index is 10.1. The Labute approximate surface area is 147 Å². The first-order valence-corrected chi connectivity index (χ1v) is 9.62. The van der Waals surface area contributed by atoms with E-state index in [0.29, 0.717) is 11.8 Å². The molecule has 0 radical (unpaired) electrons. The molecule has 4 heteroatoms. The summed E-state index contributed by atoms with van der Waals surface area (Å²) in [5.74, 6) is 0.491. The fourth-order valence-corrected chi connectivity index (χ4v) is 4.19. The van der Waals surface area contributed by atoms with E-state index in [0.717, 1.165) is 12.8 Å². The molecule has 0 bridgehead atoms. The summed E-state index contributed by atoms with van der Waals surface area (Å²) in [4.78, 5) is 7.74. The van der Waals surface area contributed by atoms with E-state index in [-0.39, 0.29) is 0 Å². The van der Waals surface area contributed by atoms with Gasteiger partial charge in [-0.2, -0.15) is 0 Å². The highest BCUT2D eigenvalue weighted by molar-refractivity contribution is 5.41. The molecule has 1 atom stereocenters. The molecule has 0 aromatic heterocycles. The van der Waals surface area contributed by atoms with Crippen molar-refractivity contribution in [1.29, 1.82) is 0 Å². The second-order valence-electron chi connectivity index (χ2n) is 7.49. The largest absolute Gasteiger partial charge is 0.508 e. The Balaban J connectivity index is 1.57. The number of nitrogens with zero attached hydrogens (tertiary/aromatic N) is 3. The molecule has 1 fully saturated rings. The predicted octanol–water partition coefficient (Wildman–Crippen LogP) is 2.21. The summed E-state index contributed by atoms with van der Waals surface area (Å²) < 4.78 is 0. The number of hydrogen-bond donors (Lipinski definition) is 1. The van der Waals surface area contributed by atoms with Gasteiger partial charge in [-0.3, -0.25) is 9.80 Å². The molecule has 2 aliphatic rings. The Morgan fingerprint density at radius 2 is 1.96 bits per heavy atom. The van der Waals surface area contributed by atoms with Gasteiger partial charge in [-0.1, -0.05) is 19.1 Å². The average Bonchev–Trinajstić information content (AvgIpc) is 2.60. The van der Waals surface area contributed by atoms with Gasteiger partial charge in [0.15, 0.2) is 0 Å². The highest BCUT2D eigenvalue weighted by Gasteiger charge is 2.25. The van der Waals surface area contributed by atoms with Gasteiger partial charge in [0.25, 0.3) is 0 Å². The van der Waals surface area contributed by atoms with Crippen molar-refractivity contribution < 1.29 is 5.11 Å². The second-order valence-corrected chi connectivity index (χ2v) is 7.49. The first-order valence-electron chi connectivity index (χ1n) is 9.62. The van der Waals surface area contributed by atoms with E-state index in [1.807, 2.05) is 12.1 Å². The van der Waals surface area contributed by atoms with Crippen LogP contribution in [0.25, 0.3) is 0 Å². The molecule has 1 aliphatic carbocycles. The molecule has 1 N–H and O–H groups in total. The molecule has 1 aliphatic heterocycles. The lowest BCUT2D eigenvalue weighted by Crippen LogP contribution is -2.49. The number of aromatic hydroxyl groups is 1. The number of hydrogen-bond acceptors (Lipinski definition) is 4. The van der Waals surface area contributed by atoms with Gasteiger partial charge in [0, 0.05) is 45.3 Å². The quantitative estimate of drug-likeness (QED) is 0.866. The van der Waals surface area contributed by atoms with E-state index < -0.39 is 0 Å². The summed E-state index contributed by atoms with van der Waals surface area (Å²) in [6.45, 7) is 10.6. The SMILES string of the molecule is CCCN(CCN1CCN(C)CC1)C1CCc2c(O)cccc2C1. The maximum absolute atomic E-state index is 10.1. The van der Waals surface area contributed by atoms with Gasteiger partial charge in [-0.15, -0.1) is 0 Å². The molecule has 1 unspecified atom stereocenters. The van der Waals surface area contributed by atoms with Crippen LogP contribution in [-0.4, -0.2) is 78.7 Å². The van der Waals surface area contributed by atoms with Crippen LogP contribution < -0.4 is 0 Å². The Hall–Kier alpha value is -1.10. The molecule has 24 heavy (non-hydrogen) atoms. The fraction of sp³-hybridized carbons (Fsp3) is 0.700. The Morgan fingerprint density at radius 3 is 2.71 bits per heavy atom. The van der Waals surface area contributed by atoms with Crippen LogP contribution >= 0.6 is 0 Å². The average molecular weight is 332 g/mol. The second kappa shape index (κ2) is 8.32. The zero-order valence-electron chi connectivity index (χ0n) is 15.4. The van der Waals surface area contributed by atoms with Gasteiger partial charge >= 0.3 is 0 Å². The lowest BCUT2D eigenvalue weighted by molar-refractivity contribution is 0.114.